The van der Waals surface area contributed by atoms with Crippen LogP contribution in [0.15, 0.2) is 34.7 Å². The molecule has 0 aliphatic carbocycles. The predicted molar refractivity (Wildman–Crippen MR) is 94.8 cm³/mol. The number of hydrogen-bond donors (Lipinski definition) is 1. The lowest BCUT2D eigenvalue weighted by Crippen LogP contribution is -2.43. The van der Waals surface area contributed by atoms with E-state index in [1.165, 1.54) is 18.4 Å². The van der Waals surface area contributed by atoms with Gasteiger partial charge in [0.1, 0.15) is 11.3 Å². The predicted octanol–water partition coefficient (Wildman–Crippen LogP) is 2.04. The summed E-state index contributed by atoms with van der Waals surface area (Å²) in [4.78, 5) is 2.34. The molecule has 2 aromatic rings. The van der Waals surface area contributed by atoms with E-state index in [9.17, 15) is 8.42 Å². The molecule has 3 rings (SSSR count). The van der Waals surface area contributed by atoms with Gasteiger partial charge in [0.05, 0.1) is 6.54 Å². The minimum absolute atomic E-state index is 0.331. The van der Waals surface area contributed by atoms with E-state index in [4.69, 9.17) is 4.42 Å². The maximum Gasteiger partial charge on any atom is 0.278 e. The summed E-state index contributed by atoms with van der Waals surface area (Å²) in [7, 11) is -0.267. The van der Waals surface area contributed by atoms with Crippen molar-refractivity contribution in [3.63, 3.8) is 0 Å². The second-order valence-corrected chi connectivity index (χ2v) is 8.60. The van der Waals surface area contributed by atoms with Crippen LogP contribution >= 0.6 is 0 Å². The molecule has 1 atom stereocenters. The van der Waals surface area contributed by atoms with Crippen LogP contribution in [0.2, 0.25) is 0 Å². The highest BCUT2D eigenvalue weighted by atomic mass is 32.2. The first-order valence-corrected chi connectivity index (χ1v) is 9.75. The number of nitrogens with one attached hydrogen (secondary N) is 1. The van der Waals surface area contributed by atoms with Crippen LogP contribution in [-0.4, -0.2) is 51.4 Å². The van der Waals surface area contributed by atoms with E-state index < -0.39 is 10.2 Å². The third-order valence-corrected chi connectivity index (χ3v) is 5.99. The molecule has 0 saturated carbocycles. The van der Waals surface area contributed by atoms with Crippen molar-refractivity contribution in [2.45, 2.75) is 19.4 Å². The Bertz CT molecular complexity index is 752. The van der Waals surface area contributed by atoms with E-state index >= 15 is 0 Å². The zero-order valence-corrected chi connectivity index (χ0v) is 15.1. The number of fused-ring (bicyclic) bond motifs is 1. The summed E-state index contributed by atoms with van der Waals surface area (Å²) in [6, 6.07) is 10.1. The molecule has 7 heteroatoms. The van der Waals surface area contributed by atoms with Crippen molar-refractivity contribution in [2.75, 3.05) is 33.7 Å². The topological polar surface area (TPSA) is 65.8 Å². The molecule has 132 valence electrons. The average molecular weight is 351 g/mol. The molecule has 1 aromatic carbocycles. The highest BCUT2D eigenvalue weighted by Gasteiger charge is 2.23. The van der Waals surface area contributed by atoms with Gasteiger partial charge >= 0.3 is 0 Å². The Kier molecular flexibility index (Phi) is 5.24. The first-order chi connectivity index (χ1) is 11.4. The Morgan fingerprint density at radius 2 is 2.12 bits per heavy atom. The molecule has 1 N–H and O–H groups in total. The summed E-state index contributed by atoms with van der Waals surface area (Å²) in [5, 5.41) is 1.12. The van der Waals surface area contributed by atoms with Gasteiger partial charge in [-0.15, -0.1) is 0 Å². The summed E-state index contributed by atoms with van der Waals surface area (Å²) in [6.45, 7) is 3.16. The smallest absolute Gasteiger partial charge is 0.278 e. The zero-order valence-electron chi connectivity index (χ0n) is 14.2. The average Bonchev–Trinajstić information content (AvgIpc) is 2.95. The zero-order chi connectivity index (χ0) is 17.2. The van der Waals surface area contributed by atoms with Gasteiger partial charge in [0, 0.05) is 32.6 Å². The summed E-state index contributed by atoms with van der Waals surface area (Å²) >= 11 is 0. The molecule has 1 saturated heterocycles. The Hall–Kier alpha value is -1.41. The minimum Gasteiger partial charge on any atom is -0.460 e. The highest BCUT2D eigenvalue weighted by Crippen LogP contribution is 2.23. The number of nitrogens with zero attached hydrogens (tertiary/aromatic N) is 2. The van der Waals surface area contributed by atoms with Gasteiger partial charge < -0.3 is 4.42 Å². The Labute approximate surface area is 143 Å². The van der Waals surface area contributed by atoms with E-state index in [2.05, 4.69) is 21.8 Å². The second kappa shape index (κ2) is 7.23. The Morgan fingerprint density at radius 1 is 1.33 bits per heavy atom. The van der Waals surface area contributed by atoms with Crippen LogP contribution in [0, 0.1) is 5.92 Å². The third-order valence-electron chi connectivity index (χ3n) is 4.49. The molecule has 0 amide bonds. The lowest BCUT2D eigenvalue weighted by atomic mass is 9.98. The van der Waals surface area contributed by atoms with E-state index in [1.807, 2.05) is 18.2 Å². The molecule has 0 radical (unpaired) electrons. The molecule has 6 nitrogen and oxygen atoms in total. The van der Waals surface area contributed by atoms with Gasteiger partial charge in [-0.3, -0.25) is 4.90 Å². The number of likely N-dealkylation sites (tertiary alicyclic amines) is 1. The van der Waals surface area contributed by atoms with Gasteiger partial charge in [-0.2, -0.15) is 12.7 Å². The normalized spacial score (nSPS) is 20.0. The van der Waals surface area contributed by atoms with E-state index in [0.717, 1.165) is 49.2 Å². The van der Waals surface area contributed by atoms with Gasteiger partial charge in [0.15, 0.2) is 0 Å². The number of benzene rings is 1. The van der Waals surface area contributed by atoms with Crippen LogP contribution in [0.4, 0.5) is 0 Å². The van der Waals surface area contributed by atoms with Gasteiger partial charge in [-0.1, -0.05) is 18.2 Å². The molecule has 24 heavy (non-hydrogen) atoms. The van der Waals surface area contributed by atoms with Crippen molar-refractivity contribution in [1.82, 2.24) is 13.9 Å². The first kappa shape index (κ1) is 17.4. The molecule has 1 fully saturated rings. The summed E-state index contributed by atoms with van der Waals surface area (Å²) in [5.41, 5.74) is 0.916. The molecular weight excluding hydrogens is 326 g/mol. The SMILES string of the molecule is CN(C)S(=O)(=O)NCC1CCCN(Cc2cc3ccccc3o2)C1. The van der Waals surface area contributed by atoms with Gasteiger partial charge in [-0.25, -0.2) is 4.72 Å². The highest BCUT2D eigenvalue weighted by molar-refractivity contribution is 7.87. The summed E-state index contributed by atoms with van der Waals surface area (Å²) in [5.74, 6) is 1.29. The molecular formula is C17H25N3O3S. The summed E-state index contributed by atoms with van der Waals surface area (Å²) < 4.78 is 33.4. The van der Waals surface area contributed by atoms with Crippen molar-refractivity contribution in [2.24, 2.45) is 5.92 Å². The van der Waals surface area contributed by atoms with E-state index in [0.29, 0.717) is 12.5 Å². The van der Waals surface area contributed by atoms with Gasteiger partial charge in [-0.05, 0) is 37.4 Å². The standard InChI is InChI=1S/C17H25N3O3S/c1-19(2)24(21,22)18-11-14-6-5-9-20(12-14)13-16-10-15-7-3-4-8-17(15)23-16/h3-4,7-8,10,14,18H,5-6,9,11-13H2,1-2H3. The van der Waals surface area contributed by atoms with Crippen molar-refractivity contribution < 1.29 is 12.8 Å². The summed E-state index contributed by atoms with van der Waals surface area (Å²) in [6.07, 6.45) is 2.13. The fourth-order valence-corrected chi connectivity index (χ4v) is 3.85. The number of rotatable bonds is 6. The van der Waals surface area contributed by atoms with Crippen LogP contribution in [0.5, 0.6) is 0 Å². The monoisotopic (exact) mass is 351 g/mol. The number of para-hydroxylation sites is 1. The molecule has 0 bridgehead atoms. The van der Waals surface area contributed by atoms with Crippen LogP contribution in [0.3, 0.4) is 0 Å². The molecule has 1 unspecified atom stereocenters. The van der Waals surface area contributed by atoms with Gasteiger partial charge in [0.25, 0.3) is 10.2 Å². The fourth-order valence-electron chi connectivity index (χ4n) is 3.15. The molecule has 0 spiro atoms. The maximum absolute atomic E-state index is 11.8. The van der Waals surface area contributed by atoms with Crippen molar-refractivity contribution >= 4 is 21.2 Å². The lowest BCUT2D eigenvalue weighted by Gasteiger charge is -2.32. The maximum atomic E-state index is 11.8. The van der Waals surface area contributed by atoms with Crippen LogP contribution in [0.25, 0.3) is 11.0 Å². The quantitative estimate of drug-likeness (QED) is 0.865. The number of hydrogen-bond acceptors (Lipinski definition) is 4. The second-order valence-electron chi connectivity index (χ2n) is 6.63. The third kappa shape index (κ3) is 4.16. The van der Waals surface area contributed by atoms with Crippen LogP contribution in [0.1, 0.15) is 18.6 Å². The lowest BCUT2D eigenvalue weighted by molar-refractivity contribution is 0.159. The Morgan fingerprint density at radius 3 is 2.88 bits per heavy atom. The van der Waals surface area contributed by atoms with E-state index in [-0.39, 0.29) is 0 Å². The largest absolute Gasteiger partial charge is 0.460 e. The molecule has 2 heterocycles. The van der Waals surface area contributed by atoms with Crippen LogP contribution in [-0.2, 0) is 16.8 Å². The van der Waals surface area contributed by atoms with Crippen molar-refractivity contribution in [3.05, 3.63) is 36.1 Å². The van der Waals surface area contributed by atoms with Gasteiger partial charge in [0.2, 0.25) is 0 Å². The van der Waals surface area contributed by atoms with Crippen molar-refractivity contribution in [3.8, 4) is 0 Å². The minimum atomic E-state index is -3.34. The molecule has 1 aliphatic heterocycles. The van der Waals surface area contributed by atoms with Crippen molar-refractivity contribution in [1.29, 1.82) is 0 Å². The number of piperidine rings is 1. The number of furan rings is 1. The molecule has 1 aliphatic rings. The van der Waals surface area contributed by atoms with E-state index in [1.54, 1.807) is 0 Å². The molecule has 1 aromatic heterocycles. The van der Waals surface area contributed by atoms with Crippen LogP contribution < -0.4 is 4.72 Å². The first-order valence-electron chi connectivity index (χ1n) is 8.31. The fraction of sp³-hybridized carbons (Fsp3) is 0.529. The Balaban J connectivity index is 1.57.